The Bertz CT molecular complexity index is 695. The number of aromatic nitrogens is 2. The molecule has 0 N–H and O–H groups in total. The highest BCUT2D eigenvalue weighted by Gasteiger charge is 2.44. The van der Waals surface area contributed by atoms with Gasteiger partial charge >= 0.3 is 0 Å². The predicted molar refractivity (Wildman–Crippen MR) is 103 cm³/mol. The summed E-state index contributed by atoms with van der Waals surface area (Å²) in [5.41, 5.74) is -0.302. The monoisotopic (exact) mass is 397 g/mol. The average molecular weight is 398 g/mol. The third-order valence-electron chi connectivity index (χ3n) is 6.12. The molecular weight excluding hydrogens is 366 g/mol. The molecule has 152 valence electrons. The molecule has 0 radical (unpaired) electrons. The number of piperidine rings is 1. The van der Waals surface area contributed by atoms with E-state index in [1.807, 2.05) is 23.1 Å². The third-order valence-corrected chi connectivity index (χ3v) is 8.10. The Morgan fingerprint density at radius 2 is 1.78 bits per heavy atom. The quantitative estimate of drug-likeness (QED) is 0.709. The molecule has 3 saturated heterocycles. The van der Waals surface area contributed by atoms with Crippen LogP contribution >= 0.6 is 0 Å². The van der Waals surface area contributed by atoms with Gasteiger partial charge in [-0.1, -0.05) is 0 Å². The van der Waals surface area contributed by atoms with Gasteiger partial charge in [-0.15, -0.1) is 0 Å². The normalized spacial score (nSPS) is 25.3. The lowest BCUT2D eigenvalue weighted by Gasteiger charge is -2.47. The Morgan fingerprint density at radius 3 is 2.48 bits per heavy atom. The van der Waals surface area contributed by atoms with Crippen LogP contribution in [0, 0.1) is 0 Å². The molecule has 0 aliphatic carbocycles. The molecule has 0 bridgehead atoms. The summed E-state index contributed by atoms with van der Waals surface area (Å²) in [4.78, 5) is 2.46. The number of ether oxygens (including phenoxy) is 1. The van der Waals surface area contributed by atoms with Crippen molar-refractivity contribution in [3.05, 3.63) is 18.5 Å². The van der Waals surface area contributed by atoms with Crippen LogP contribution in [0.4, 0.5) is 0 Å². The van der Waals surface area contributed by atoms with E-state index in [1.165, 1.54) is 0 Å². The topological polar surface area (TPSA) is 70.9 Å². The zero-order valence-electron chi connectivity index (χ0n) is 16.0. The number of likely N-dealkylation sites (tertiary alicyclic amines) is 1. The highest BCUT2D eigenvalue weighted by molar-refractivity contribution is 7.86. The summed E-state index contributed by atoms with van der Waals surface area (Å²) in [6.45, 7) is 6.74. The van der Waals surface area contributed by atoms with Gasteiger partial charge < -0.3 is 9.64 Å². The zero-order valence-corrected chi connectivity index (χ0v) is 16.8. The number of morpholine rings is 1. The van der Waals surface area contributed by atoms with Crippen molar-refractivity contribution in [2.24, 2.45) is 0 Å². The minimum Gasteiger partial charge on any atom is -0.372 e. The highest BCUT2D eigenvalue weighted by atomic mass is 32.2. The van der Waals surface area contributed by atoms with Crippen molar-refractivity contribution in [2.45, 2.75) is 44.2 Å². The van der Waals surface area contributed by atoms with Gasteiger partial charge in [-0.05, 0) is 44.7 Å². The maximum Gasteiger partial charge on any atom is 0.282 e. The number of hydrogen-bond acceptors (Lipinski definition) is 5. The molecule has 9 heteroatoms. The van der Waals surface area contributed by atoms with Crippen molar-refractivity contribution >= 4 is 10.2 Å². The van der Waals surface area contributed by atoms with Crippen LogP contribution < -0.4 is 0 Å². The van der Waals surface area contributed by atoms with Gasteiger partial charge in [0.15, 0.2) is 0 Å². The fraction of sp³-hybridized carbons (Fsp3) is 0.833. The maximum absolute atomic E-state index is 12.9. The second kappa shape index (κ2) is 8.16. The van der Waals surface area contributed by atoms with Crippen molar-refractivity contribution in [3.8, 4) is 0 Å². The van der Waals surface area contributed by atoms with Crippen LogP contribution in [0.25, 0.3) is 0 Å². The molecule has 4 heterocycles. The van der Waals surface area contributed by atoms with E-state index in [1.54, 1.807) is 8.61 Å². The zero-order chi connectivity index (χ0) is 18.7. The van der Waals surface area contributed by atoms with Gasteiger partial charge in [0, 0.05) is 58.2 Å². The molecule has 3 aliphatic rings. The first-order valence-electron chi connectivity index (χ1n) is 10.2. The fourth-order valence-corrected chi connectivity index (χ4v) is 6.21. The predicted octanol–water partition coefficient (Wildman–Crippen LogP) is 0.781. The average Bonchev–Trinajstić information content (AvgIpc) is 3.38. The smallest absolute Gasteiger partial charge is 0.282 e. The molecule has 4 rings (SSSR count). The highest BCUT2D eigenvalue weighted by Crippen LogP contribution is 2.32. The van der Waals surface area contributed by atoms with Crippen LogP contribution in [0.15, 0.2) is 18.5 Å². The summed E-state index contributed by atoms with van der Waals surface area (Å²) in [5, 5.41) is 4.24. The van der Waals surface area contributed by atoms with E-state index in [2.05, 4.69) is 10.00 Å². The molecule has 0 aromatic carbocycles. The molecule has 3 aliphatic heterocycles. The van der Waals surface area contributed by atoms with Gasteiger partial charge in [0.1, 0.15) is 0 Å². The summed E-state index contributed by atoms with van der Waals surface area (Å²) in [7, 11) is -3.33. The first-order valence-corrected chi connectivity index (χ1v) is 11.6. The lowest BCUT2D eigenvalue weighted by atomic mass is 9.90. The summed E-state index contributed by atoms with van der Waals surface area (Å²) >= 11 is 0. The molecule has 27 heavy (non-hydrogen) atoms. The summed E-state index contributed by atoms with van der Waals surface area (Å²) in [6.07, 6.45) is 8.64. The van der Waals surface area contributed by atoms with Crippen molar-refractivity contribution < 1.29 is 13.2 Å². The molecule has 0 saturated carbocycles. The number of rotatable bonds is 6. The standard InChI is InChI=1S/C18H31N5O3S/c24-27(25,22-11-1-2-12-22)23-15-16-26-18(17-23)5-13-20(14-6-18)8-4-10-21-9-3-7-19-21/h3,7,9H,1-2,4-6,8,10-17H2. The minimum absolute atomic E-state index is 0.302. The van der Waals surface area contributed by atoms with Gasteiger partial charge in [-0.25, -0.2) is 0 Å². The maximum atomic E-state index is 12.9. The first-order chi connectivity index (χ1) is 13.1. The van der Waals surface area contributed by atoms with Crippen molar-refractivity contribution in [3.63, 3.8) is 0 Å². The van der Waals surface area contributed by atoms with Crippen LogP contribution in [0.1, 0.15) is 32.1 Å². The van der Waals surface area contributed by atoms with Crippen molar-refractivity contribution in [1.82, 2.24) is 23.3 Å². The summed E-state index contributed by atoms with van der Waals surface area (Å²) in [5.74, 6) is 0. The molecule has 1 aromatic rings. The van der Waals surface area contributed by atoms with Gasteiger partial charge in [0.05, 0.1) is 12.2 Å². The van der Waals surface area contributed by atoms with E-state index in [0.29, 0.717) is 32.8 Å². The minimum atomic E-state index is -3.33. The molecule has 0 amide bonds. The van der Waals surface area contributed by atoms with E-state index < -0.39 is 10.2 Å². The molecule has 0 unspecified atom stereocenters. The molecule has 3 fully saturated rings. The van der Waals surface area contributed by atoms with Crippen LogP contribution in [-0.4, -0.2) is 89.7 Å². The van der Waals surface area contributed by atoms with Crippen LogP contribution in [0.3, 0.4) is 0 Å². The molecule has 0 atom stereocenters. The Labute approximate surface area is 162 Å². The van der Waals surface area contributed by atoms with E-state index in [9.17, 15) is 8.42 Å². The van der Waals surface area contributed by atoms with E-state index in [-0.39, 0.29) is 5.60 Å². The fourth-order valence-electron chi connectivity index (χ4n) is 4.46. The number of hydrogen-bond donors (Lipinski definition) is 0. The first kappa shape index (κ1) is 19.3. The summed E-state index contributed by atoms with van der Waals surface area (Å²) < 4.78 is 37.3. The molecule has 8 nitrogen and oxygen atoms in total. The van der Waals surface area contributed by atoms with Crippen molar-refractivity contribution in [1.29, 1.82) is 0 Å². The lowest BCUT2D eigenvalue weighted by molar-refractivity contribution is -0.120. The number of nitrogens with zero attached hydrogens (tertiary/aromatic N) is 5. The molecular formula is C18H31N5O3S. The van der Waals surface area contributed by atoms with E-state index in [0.717, 1.165) is 58.3 Å². The lowest BCUT2D eigenvalue weighted by Crippen LogP contribution is -2.59. The van der Waals surface area contributed by atoms with Gasteiger partial charge in [-0.2, -0.15) is 22.1 Å². The van der Waals surface area contributed by atoms with Gasteiger partial charge in [-0.3, -0.25) is 4.68 Å². The van der Waals surface area contributed by atoms with E-state index in [4.69, 9.17) is 4.74 Å². The Hall–Kier alpha value is -1.00. The van der Waals surface area contributed by atoms with Crippen LogP contribution in [-0.2, 0) is 21.5 Å². The Balaban J connectivity index is 1.28. The Morgan fingerprint density at radius 1 is 1.00 bits per heavy atom. The van der Waals surface area contributed by atoms with Crippen LogP contribution in [0.5, 0.6) is 0 Å². The third kappa shape index (κ3) is 4.37. The second-order valence-electron chi connectivity index (χ2n) is 7.94. The molecule has 1 aromatic heterocycles. The largest absolute Gasteiger partial charge is 0.372 e. The second-order valence-corrected chi connectivity index (χ2v) is 9.87. The molecule has 1 spiro atoms. The van der Waals surface area contributed by atoms with Gasteiger partial charge in [0.2, 0.25) is 0 Å². The van der Waals surface area contributed by atoms with Gasteiger partial charge in [0.25, 0.3) is 10.2 Å². The number of aryl methyl sites for hydroxylation is 1. The van der Waals surface area contributed by atoms with Crippen molar-refractivity contribution in [2.75, 3.05) is 52.4 Å². The van der Waals surface area contributed by atoms with Crippen LogP contribution in [0.2, 0.25) is 0 Å². The SMILES string of the molecule is O=S(=O)(N1CCCC1)N1CCOC2(CCN(CCCn3cccn3)CC2)C1. The Kier molecular flexibility index (Phi) is 5.84. The summed E-state index contributed by atoms with van der Waals surface area (Å²) in [6, 6.07) is 1.95. The van der Waals surface area contributed by atoms with E-state index >= 15 is 0 Å².